The summed E-state index contributed by atoms with van der Waals surface area (Å²) in [5, 5.41) is 2.91. The molecule has 3 rings (SSSR count). The maximum absolute atomic E-state index is 12.4. The largest absolute Gasteiger partial charge is 0.384 e. The summed E-state index contributed by atoms with van der Waals surface area (Å²) in [4.78, 5) is 22.9. The molecule has 22 heavy (non-hydrogen) atoms. The predicted molar refractivity (Wildman–Crippen MR) is 84.5 cm³/mol. The molecule has 1 atom stereocenters. The minimum Gasteiger partial charge on any atom is -0.384 e. The van der Waals surface area contributed by atoms with Gasteiger partial charge in [-0.3, -0.25) is 4.79 Å². The van der Waals surface area contributed by atoms with E-state index in [9.17, 15) is 4.79 Å². The summed E-state index contributed by atoms with van der Waals surface area (Å²) in [6, 6.07) is 5.46. The van der Waals surface area contributed by atoms with Crippen LogP contribution in [-0.4, -0.2) is 40.5 Å². The number of amides is 1. The average molecular weight is 318 g/mol. The first-order valence-corrected chi connectivity index (χ1v) is 8.02. The van der Waals surface area contributed by atoms with Gasteiger partial charge in [0.05, 0.1) is 36.0 Å². The lowest BCUT2D eigenvalue weighted by molar-refractivity contribution is -0.138. The Labute approximate surface area is 132 Å². The molecule has 1 aliphatic heterocycles. The third-order valence-electron chi connectivity index (χ3n) is 3.54. The van der Waals surface area contributed by atoms with Crippen LogP contribution < -0.4 is 5.73 Å². The lowest BCUT2D eigenvalue weighted by Crippen LogP contribution is -2.43. The van der Waals surface area contributed by atoms with E-state index in [0.717, 1.165) is 16.4 Å². The number of hydrogen-bond donors (Lipinski definition) is 1. The number of hydrogen-bond acceptors (Lipinski definition) is 6. The number of thiazole rings is 1. The molecule has 0 aliphatic carbocycles. The quantitative estimate of drug-likeness (QED) is 0.929. The fourth-order valence-electron chi connectivity index (χ4n) is 2.46. The van der Waals surface area contributed by atoms with Gasteiger partial charge in [0, 0.05) is 11.9 Å². The Bertz CT molecular complexity index is 673. The van der Waals surface area contributed by atoms with E-state index in [1.165, 1.54) is 0 Å². The van der Waals surface area contributed by atoms with Gasteiger partial charge in [-0.15, -0.1) is 11.3 Å². The first kappa shape index (κ1) is 14.9. The number of aromatic nitrogens is 2. The van der Waals surface area contributed by atoms with Crippen molar-refractivity contribution in [3.8, 4) is 0 Å². The molecule has 0 saturated carbocycles. The normalized spacial score (nSPS) is 18.4. The minimum atomic E-state index is -0.224. The lowest BCUT2D eigenvalue weighted by Gasteiger charge is -2.32. The highest BCUT2D eigenvalue weighted by Crippen LogP contribution is 2.22. The molecule has 1 amide bonds. The van der Waals surface area contributed by atoms with Crippen LogP contribution in [0.25, 0.3) is 0 Å². The number of pyridine rings is 1. The number of morpholine rings is 1. The second kappa shape index (κ2) is 6.41. The number of nitrogen functional groups attached to an aromatic ring is 1. The van der Waals surface area contributed by atoms with Gasteiger partial charge in [0.15, 0.2) is 0 Å². The molecule has 116 valence electrons. The highest BCUT2D eigenvalue weighted by atomic mass is 32.1. The van der Waals surface area contributed by atoms with Gasteiger partial charge in [-0.2, -0.15) is 0 Å². The standard InChI is InChI=1S/C15H18N4O2S/c1-10-17-11(9-22-10)7-15(20)19-5-6-21-13(8-19)12-3-2-4-14(16)18-12/h2-4,9,13H,5-8H2,1H3,(H2,16,18)/t13-/m0/s1. The molecule has 1 fully saturated rings. The summed E-state index contributed by atoms with van der Waals surface area (Å²) in [7, 11) is 0. The van der Waals surface area contributed by atoms with E-state index in [-0.39, 0.29) is 12.0 Å². The Balaban J connectivity index is 1.66. The van der Waals surface area contributed by atoms with E-state index in [1.807, 2.05) is 29.3 Å². The van der Waals surface area contributed by atoms with Crippen molar-refractivity contribution in [3.63, 3.8) is 0 Å². The summed E-state index contributed by atoms with van der Waals surface area (Å²) in [6.07, 6.45) is 0.111. The summed E-state index contributed by atoms with van der Waals surface area (Å²) >= 11 is 1.56. The average Bonchev–Trinajstić information content (AvgIpc) is 2.92. The number of nitrogens with zero attached hydrogens (tertiary/aromatic N) is 3. The molecule has 1 saturated heterocycles. The van der Waals surface area contributed by atoms with Gasteiger partial charge in [0.25, 0.3) is 0 Å². The maximum atomic E-state index is 12.4. The molecule has 0 bridgehead atoms. The molecular weight excluding hydrogens is 300 g/mol. The van der Waals surface area contributed by atoms with Gasteiger partial charge in [0.2, 0.25) is 5.91 Å². The summed E-state index contributed by atoms with van der Waals surface area (Å²) in [5.74, 6) is 0.532. The summed E-state index contributed by atoms with van der Waals surface area (Å²) < 4.78 is 5.73. The number of nitrogens with two attached hydrogens (primary N) is 1. The number of carbonyl (C=O) groups excluding carboxylic acids is 1. The molecule has 0 unspecified atom stereocenters. The van der Waals surface area contributed by atoms with Crippen molar-refractivity contribution >= 4 is 23.1 Å². The van der Waals surface area contributed by atoms with Crippen molar-refractivity contribution in [2.24, 2.45) is 0 Å². The van der Waals surface area contributed by atoms with Crippen molar-refractivity contribution in [1.82, 2.24) is 14.9 Å². The number of carbonyl (C=O) groups is 1. The van der Waals surface area contributed by atoms with Crippen LogP contribution in [0.2, 0.25) is 0 Å². The molecule has 2 aromatic rings. The molecule has 3 heterocycles. The zero-order valence-corrected chi connectivity index (χ0v) is 13.2. The Morgan fingerprint density at radius 2 is 2.36 bits per heavy atom. The van der Waals surface area contributed by atoms with Crippen molar-refractivity contribution < 1.29 is 9.53 Å². The van der Waals surface area contributed by atoms with E-state index < -0.39 is 0 Å². The van der Waals surface area contributed by atoms with Crippen LogP contribution in [0.1, 0.15) is 22.5 Å². The third kappa shape index (κ3) is 3.42. The van der Waals surface area contributed by atoms with Gasteiger partial charge < -0.3 is 15.4 Å². The number of ether oxygens (including phenoxy) is 1. The van der Waals surface area contributed by atoms with Crippen molar-refractivity contribution in [1.29, 1.82) is 0 Å². The van der Waals surface area contributed by atoms with E-state index in [4.69, 9.17) is 10.5 Å². The zero-order valence-electron chi connectivity index (χ0n) is 12.4. The van der Waals surface area contributed by atoms with Crippen LogP contribution in [0, 0.1) is 6.92 Å². The summed E-state index contributed by atoms with van der Waals surface area (Å²) in [5.41, 5.74) is 7.31. The van der Waals surface area contributed by atoms with E-state index in [1.54, 1.807) is 17.4 Å². The van der Waals surface area contributed by atoms with Crippen LogP contribution in [0.3, 0.4) is 0 Å². The highest BCUT2D eigenvalue weighted by molar-refractivity contribution is 7.09. The van der Waals surface area contributed by atoms with Gasteiger partial charge in [0.1, 0.15) is 11.9 Å². The first-order valence-electron chi connectivity index (χ1n) is 7.14. The van der Waals surface area contributed by atoms with Crippen LogP contribution in [0.15, 0.2) is 23.6 Å². The van der Waals surface area contributed by atoms with Crippen LogP contribution in [-0.2, 0) is 16.0 Å². The molecule has 2 aromatic heterocycles. The number of anilines is 1. The van der Waals surface area contributed by atoms with Crippen LogP contribution in [0.4, 0.5) is 5.82 Å². The Morgan fingerprint density at radius 1 is 1.50 bits per heavy atom. The molecular formula is C15H18N4O2S. The molecule has 0 radical (unpaired) electrons. The molecule has 6 nitrogen and oxygen atoms in total. The monoisotopic (exact) mass is 318 g/mol. The van der Waals surface area contributed by atoms with Crippen LogP contribution >= 0.6 is 11.3 Å². The highest BCUT2D eigenvalue weighted by Gasteiger charge is 2.26. The third-order valence-corrected chi connectivity index (χ3v) is 4.36. The molecule has 0 spiro atoms. The minimum absolute atomic E-state index is 0.0718. The molecule has 2 N–H and O–H groups in total. The lowest BCUT2D eigenvalue weighted by atomic mass is 10.1. The second-order valence-electron chi connectivity index (χ2n) is 5.22. The maximum Gasteiger partial charge on any atom is 0.228 e. The molecule has 1 aliphatic rings. The fourth-order valence-corrected chi connectivity index (χ4v) is 3.07. The second-order valence-corrected chi connectivity index (χ2v) is 6.28. The number of rotatable bonds is 3. The van der Waals surface area contributed by atoms with Crippen molar-refractivity contribution in [2.75, 3.05) is 25.4 Å². The zero-order chi connectivity index (χ0) is 15.5. The SMILES string of the molecule is Cc1nc(CC(=O)N2CCO[C@H](c3cccc(N)n3)C2)cs1. The molecule has 7 heteroatoms. The first-order chi connectivity index (χ1) is 10.6. The van der Waals surface area contributed by atoms with Crippen LogP contribution in [0.5, 0.6) is 0 Å². The van der Waals surface area contributed by atoms with Crippen molar-refractivity contribution in [2.45, 2.75) is 19.4 Å². The summed E-state index contributed by atoms with van der Waals surface area (Å²) in [6.45, 7) is 3.54. The smallest absolute Gasteiger partial charge is 0.228 e. The predicted octanol–water partition coefficient (Wildman–Crippen LogP) is 1.57. The van der Waals surface area contributed by atoms with Crippen molar-refractivity contribution in [3.05, 3.63) is 40.0 Å². The Morgan fingerprint density at radius 3 is 3.09 bits per heavy atom. The van der Waals surface area contributed by atoms with Gasteiger partial charge >= 0.3 is 0 Å². The fraction of sp³-hybridized carbons (Fsp3) is 0.400. The van der Waals surface area contributed by atoms with E-state index >= 15 is 0 Å². The van der Waals surface area contributed by atoms with Gasteiger partial charge in [-0.05, 0) is 19.1 Å². The van der Waals surface area contributed by atoms with E-state index in [0.29, 0.717) is 31.9 Å². The van der Waals surface area contributed by atoms with Gasteiger partial charge in [-0.25, -0.2) is 9.97 Å². The Hall–Kier alpha value is -1.99. The van der Waals surface area contributed by atoms with E-state index in [2.05, 4.69) is 9.97 Å². The number of aryl methyl sites for hydroxylation is 1. The topological polar surface area (TPSA) is 81.3 Å². The molecule has 0 aromatic carbocycles. The Kier molecular flexibility index (Phi) is 4.35. The van der Waals surface area contributed by atoms with Gasteiger partial charge in [-0.1, -0.05) is 6.07 Å².